The van der Waals surface area contributed by atoms with Gasteiger partial charge in [-0.25, -0.2) is 0 Å². The van der Waals surface area contributed by atoms with Crippen molar-refractivity contribution in [3.8, 4) is 11.5 Å². The summed E-state index contributed by atoms with van der Waals surface area (Å²) in [6.45, 7) is -0.159. The number of carbonyl (C=O) groups excluding carboxylic acids is 2. The second-order valence-electron chi connectivity index (χ2n) is 7.33. The van der Waals surface area contributed by atoms with Crippen LogP contribution < -0.4 is 19.7 Å². The number of nitrogens with zero attached hydrogens (tertiary/aromatic N) is 2. The molecular weight excluding hydrogens is 442 g/mol. The standard InChI is InChI=1S/C25H22ClN3O4/c1-32-22-12-11-18(13-23(22)33-2)27-24(30)15-29-21-6-4-3-5-19(21)28-20(14-25(29)31)16-7-9-17(26)10-8-16/h3-13H,14-15H2,1-2H3,(H,27,30). The van der Waals surface area contributed by atoms with Gasteiger partial charge in [0.2, 0.25) is 11.8 Å². The molecule has 8 heteroatoms. The number of hydrogen-bond donors (Lipinski definition) is 1. The highest BCUT2D eigenvalue weighted by Crippen LogP contribution is 2.33. The van der Waals surface area contributed by atoms with Gasteiger partial charge in [-0.1, -0.05) is 35.9 Å². The number of ether oxygens (including phenoxy) is 2. The zero-order valence-corrected chi connectivity index (χ0v) is 18.9. The lowest BCUT2D eigenvalue weighted by Gasteiger charge is -2.22. The number of amides is 2. The molecule has 0 atom stereocenters. The summed E-state index contributed by atoms with van der Waals surface area (Å²) in [5.41, 5.74) is 3.15. The molecule has 0 radical (unpaired) electrons. The van der Waals surface area contributed by atoms with Crippen molar-refractivity contribution in [3.63, 3.8) is 0 Å². The number of halogens is 1. The van der Waals surface area contributed by atoms with Gasteiger partial charge in [0.25, 0.3) is 0 Å². The van der Waals surface area contributed by atoms with E-state index in [1.807, 2.05) is 30.3 Å². The molecule has 2 amide bonds. The van der Waals surface area contributed by atoms with Gasteiger partial charge in [-0.15, -0.1) is 0 Å². The highest BCUT2D eigenvalue weighted by molar-refractivity contribution is 6.30. The van der Waals surface area contributed by atoms with Crippen LogP contribution in [0.25, 0.3) is 0 Å². The molecule has 168 valence electrons. The molecule has 3 aromatic rings. The molecule has 0 aliphatic carbocycles. The van der Waals surface area contributed by atoms with Gasteiger partial charge < -0.3 is 19.7 Å². The summed E-state index contributed by atoms with van der Waals surface area (Å²) >= 11 is 6.00. The Bertz CT molecular complexity index is 1220. The molecule has 0 spiro atoms. The third kappa shape index (κ3) is 4.99. The summed E-state index contributed by atoms with van der Waals surface area (Å²) < 4.78 is 10.5. The highest BCUT2D eigenvalue weighted by Gasteiger charge is 2.26. The van der Waals surface area contributed by atoms with Crippen molar-refractivity contribution in [1.82, 2.24) is 0 Å². The maximum absolute atomic E-state index is 13.2. The first kappa shape index (κ1) is 22.4. The lowest BCUT2D eigenvalue weighted by molar-refractivity contribution is -0.120. The van der Waals surface area contributed by atoms with E-state index >= 15 is 0 Å². The molecule has 0 bridgehead atoms. The molecule has 3 aromatic carbocycles. The molecule has 0 aromatic heterocycles. The minimum Gasteiger partial charge on any atom is -0.493 e. The van der Waals surface area contributed by atoms with E-state index in [9.17, 15) is 9.59 Å². The minimum absolute atomic E-state index is 0.0555. The number of nitrogens with one attached hydrogen (secondary N) is 1. The van der Waals surface area contributed by atoms with Gasteiger partial charge in [0.15, 0.2) is 11.5 Å². The molecule has 0 unspecified atom stereocenters. The molecular formula is C25H22ClN3O4. The van der Waals surface area contributed by atoms with Gasteiger partial charge in [0, 0.05) is 16.8 Å². The lowest BCUT2D eigenvalue weighted by Crippen LogP contribution is -2.38. The number of para-hydroxylation sites is 2. The lowest BCUT2D eigenvalue weighted by atomic mass is 10.1. The molecule has 1 heterocycles. The fourth-order valence-electron chi connectivity index (χ4n) is 3.59. The average Bonchev–Trinajstić information content (AvgIpc) is 2.96. The minimum atomic E-state index is -0.347. The summed E-state index contributed by atoms with van der Waals surface area (Å²) in [5, 5.41) is 3.42. The van der Waals surface area contributed by atoms with Gasteiger partial charge >= 0.3 is 0 Å². The maximum atomic E-state index is 13.2. The fraction of sp³-hybridized carbons (Fsp3) is 0.160. The number of aliphatic imine (C=N–C) groups is 1. The van der Waals surface area contributed by atoms with E-state index in [0.29, 0.717) is 39.3 Å². The van der Waals surface area contributed by atoms with Crippen LogP contribution in [0.2, 0.25) is 5.02 Å². The van der Waals surface area contributed by atoms with Crippen LogP contribution in [0, 0.1) is 0 Å². The molecule has 0 saturated carbocycles. The highest BCUT2D eigenvalue weighted by atomic mass is 35.5. The zero-order chi connectivity index (χ0) is 23.4. The number of hydrogen-bond acceptors (Lipinski definition) is 5. The molecule has 1 aliphatic heterocycles. The second kappa shape index (κ2) is 9.75. The van der Waals surface area contributed by atoms with Crippen LogP contribution in [0.3, 0.4) is 0 Å². The quantitative estimate of drug-likeness (QED) is 0.566. The number of benzene rings is 3. The Morgan fingerprint density at radius 3 is 2.48 bits per heavy atom. The Hall–Kier alpha value is -3.84. The second-order valence-corrected chi connectivity index (χ2v) is 7.77. The van der Waals surface area contributed by atoms with E-state index in [-0.39, 0.29) is 24.8 Å². The van der Waals surface area contributed by atoms with E-state index in [4.69, 9.17) is 26.1 Å². The molecule has 33 heavy (non-hydrogen) atoms. The number of carbonyl (C=O) groups is 2. The van der Waals surface area contributed by atoms with E-state index in [1.54, 1.807) is 43.5 Å². The summed E-state index contributed by atoms with van der Waals surface area (Å²) in [4.78, 5) is 32.2. The summed E-state index contributed by atoms with van der Waals surface area (Å²) in [7, 11) is 3.06. The third-order valence-electron chi connectivity index (χ3n) is 5.19. The smallest absolute Gasteiger partial charge is 0.244 e. The van der Waals surface area contributed by atoms with Crippen molar-refractivity contribution < 1.29 is 19.1 Å². The zero-order valence-electron chi connectivity index (χ0n) is 18.2. The van der Waals surface area contributed by atoms with Crippen LogP contribution in [0.1, 0.15) is 12.0 Å². The van der Waals surface area contributed by atoms with E-state index in [1.165, 1.54) is 12.0 Å². The Labute approximate surface area is 196 Å². The fourth-order valence-corrected chi connectivity index (χ4v) is 3.71. The van der Waals surface area contributed by atoms with Crippen LogP contribution >= 0.6 is 11.6 Å². The van der Waals surface area contributed by atoms with E-state index < -0.39 is 0 Å². The van der Waals surface area contributed by atoms with Crippen molar-refractivity contribution in [2.75, 3.05) is 31.0 Å². The molecule has 4 rings (SSSR count). The number of fused-ring (bicyclic) bond motifs is 1. The van der Waals surface area contributed by atoms with Crippen molar-refractivity contribution in [3.05, 3.63) is 77.3 Å². The van der Waals surface area contributed by atoms with Crippen LogP contribution in [0.5, 0.6) is 11.5 Å². The molecule has 7 nitrogen and oxygen atoms in total. The Kier molecular flexibility index (Phi) is 6.60. The largest absolute Gasteiger partial charge is 0.493 e. The molecule has 1 N–H and O–H groups in total. The Balaban J connectivity index is 1.57. The van der Waals surface area contributed by atoms with E-state index in [2.05, 4.69) is 5.32 Å². The number of anilines is 2. The van der Waals surface area contributed by atoms with Crippen LogP contribution in [0.4, 0.5) is 17.1 Å². The number of rotatable bonds is 6. The molecule has 0 fully saturated rings. The predicted octanol–water partition coefficient (Wildman–Crippen LogP) is 4.85. The van der Waals surface area contributed by atoms with Crippen LogP contribution in [0.15, 0.2) is 71.7 Å². The van der Waals surface area contributed by atoms with Crippen LogP contribution in [-0.4, -0.2) is 38.3 Å². The maximum Gasteiger partial charge on any atom is 0.244 e. The Morgan fingerprint density at radius 2 is 1.76 bits per heavy atom. The van der Waals surface area contributed by atoms with Gasteiger partial charge in [-0.3, -0.25) is 14.6 Å². The van der Waals surface area contributed by atoms with Gasteiger partial charge in [0.1, 0.15) is 6.54 Å². The first-order chi connectivity index (χ1) is 16.0. The van der Waals surface area contributed by atoms with Gasteiger partial charge in [-0.2, -0.15) is 0 Å². The topological polar surface area (TPSA) is 80.2 Å². The first-order valence-electron chi connectivity index (χ1n) is 10.2. The first-order valence-corrected chi connectivity index (χ1v) is 10.6. The van der Waals surface area contributed by atoms with E-state index in [0.717, 1.165) is 5.56 Å². The Morgan fingerprint density at radius 1 is 1.03 bits per heavy atom. The summed E-state index contributed by atoms with van der Waals surface area (Å²) in [6, 6.07) is 19.5. The third-order valence-corrected chi connectivity index (χ3v) is 5.45. The number of methoxy groups -OCH3 is 2. The van der Waals surface area contributed by atoms with Gasteiger partial charge in [-0.05, 0) is 42.0 Å². The average molecular weight is 464 g/mol. The van der Waals surface area contributed by atoms with Crippen LogP contribution in [-0.2, 0) is 9.59 Å². The SMILES string of the molecule is COc1ccc(NC(=O)CN2C(=O)CC(c3ccc(Cl)cc3)=Nc3ccccc32)cc1OC. The van der Waals surface area contributed by atoms with Crippen molar-refractivity contribution >= 4 is 46.2 Å². The predicted molar refractivity (Wildman–Crippen MR) is 129 cm³/mol. The normalized spacial score (nSPS) is 13.0. The van der Waals surface area contributed by atoms with Crippen molar-refractivity contribution in [1.29, 1.82) is 0 Å². The summed E-state index contributed by atoms with van der Waals surface area (Å²) in [6.07, 6.45) is 0.0555. The monoisotopic (exact) mass is 463 g/mol. The molecule has 0 saturated heterocycles. The van der Waals surface area contributed by atoms with Crippen molar-refractivity contribution in [2.45, 2.75) is 6.42 Å². The summed E-state index contributed by atoms with van der Waals surface area (Å²) in [5.74, 6) is 0.475. The van der Waals surface area contributed by atoms with Crippen molar-refractivity contribution in [2.24, 2.45) is 4.99 Å². The molecule has 1 aliphatic rings. The van der Waals surface area contributed by atoms with Gasteiger partial charge in [0.05, 0.1) is 37.7 Å².